The highest BCUT2D eigenvalue weighted by atomic mass is 35.5. The normalized spacial score (nSPS) is 17.9. The van der Waals surface area contributed by atoms with Crippen molar-refractivity contribution in [1.82, 2.24) is 5.32 Å². The number of carbonyl (C=O) groups is 1. The average molecular weight is 323 g/mol. The first kappa shape index (κ1) is 17.2. The Morgan fingerprint density at radius 1 is 1.45 bits per heavy atom. The van der Waals surface area contributed by atoms with Gasteiger partial charge in [-0.3, -0.25) is 4.79 Å². The lowest BCUT2D eigenvalue weighted by Crippen LogP contribution is -2.18. The first-order valence-corrected chi connectivity index (χ1v) is 7.07. The molecule has 1 heterocycles. The Hall–Kier alpha value is -0.850. The number of alkyl halides is 2. The van der Waals surface area contributed by atoms with Crippen molar-refractivity contribution in [2.24, 2.45) is 5.92 Å². The third kappa shape index (κ3) is 5.26. The van der Waals surface area contributed by atoms with Crippen LogP contribution in [-0.2, 0) is 4.79 Å². The molecule has 112 valence electrons. The SMILES string of the molecule is Cl.O=C(CC1CCNC1)Nc1ccccc1SC(F)F. The van der Waals surface area contributed by atoms with Crippen molar-refractivity contribution in [3.05, 3.63) is 24.3 Å². The Bertz CT molecular complexity index is 442. The molecule has 20 heavy (non-hydrogen) atoms. The number of benzene rings is 1. The summed E-state index contributed by atoms with van der Waals surface area (Å²) in [4.78, 5) is 12.3. The predicted octanol–water partition coefficient (Wildman–Crippen LogP) is 3.36. The molecule has 2 N–H and O–H groups in total. The molecule has 0 bridgehead atoms. The number of amides is 1. The van der Waals surface area contributed by atoms with Crippen LogP contribution in [0.3, 0.4) is 0 Å². The quantitative estimate of drug-likeness (QED) is 0.817. The molecule has 1 amide bonds. The van der Waals surface area contributed by atoms with Crippen LogP contribution in [0.15, 0.2) is 29.2 Å². The molecule has 0 radical (unpaired) electrons. The van der Waals surface area contributed by atoms with Gasteiger partial charge in [-0.05, 0) is 37.6 Å². The van der Waals surface area contributed by atoms with E-state index in [1.165, 1.54) is 0 Å². The van der Waals surface area contributed by atoms with E-state index in [-0.39, 0.29) is 18.3 Å². The van der Waals surface area contributed by atoms with Crippen LogP contribution in [0.1, 0.15) is 12.8 Å². The van der Waals surface area contributed by atoms with E-state index in [9.17, 15) is 13.6 Å². The summed E-state index contributed by atoms with van der Waals surface area (Å²) in [7, 11) is 0. The van der Waals surface area contributed by atoms with Gasteiger partial charge in [0.15, 0.2) is 0 Å². The molecule has 1 aromatic carbocycles. The molecule has 0 saturated carbocycles. The van der Waals surface area contributed by atoms with Gasteiger partial charge in [-0.25, -0.2) is 0 Å². The number of anilines is 1. The molecule has 1 aliphatic heterocycles. The van der Waals surface area contributed by atoms with Crippen LogP contribution in [0.4, 0.5) is 14.5 Å². The van der Waals surface area contributed by atoms with Crippen molar-refractivity contribution in [3.8, 4) is 0 Å². The van der Waals surface area contributed by atoms with Gasteiger partial charge >= 0.3 is 0 Å². The minimum atomic E-state index is -2.49. The summed E-state index contributed by atoms with van der Waals surface area (Å²) in [5.74, 6) is -2.26. The van der Waals surface area contributed by atoms with E-state index in [2.05, 4.69) is 10.6 Å². The molecule has 1 fully saturated rings. The first-order valence-electron chi connectivity index (χ1n) is 6.19. The first-order chi connectivity index (χ1) is 9.15. The summed E-state index contributed by atoms with van der Waals surface area (Å²) in [6.07, 6.45) is 1.42. The average Bonchev–Trinajstić information content (AvgIpc) is 2.83. The molecule has 3 nitrogen and oxygen atoms in total. The molecular formula is C13H17ClF2N2OS. The maximum atomic E-state index is 12.4. The van der Waals surface area contributed by atoms with Crippen LogP contribution < -0.4 is 10.6 Å². The topological polar surface area (TPSA) is 41.1 Å². The molecule has 1 atom stereocenters. The number of hydrogen-bond acceptors (Lipinski definition) is 3. The Labute approximate surface area is 127 Å². The summed E-state index contributed by atoms with van der Waals surface area (Å²) in [6.45, 7) is 1.79. The zero-order chi connectivity index (χ0) is 13.7. The van der Waals surface area contributed by atoms with E-state index < -0.39 is 5.76 Å². The van der Waals surface area contributed by atoms with Gasteiger partial charge in [-0.15, -0.1) is 12.4 Å². The molecule has 2 rings (SSSR count). The van der Waals surface area contributed by atoms with Gasteiger partial charge in [0.2, 0.25) is 5.91 Å². The van der Waals surface area contributed by atoms with Crippen molar-refractivity contribution in [2.45, 2.75) is 23.5 Å². The number of rotatable bonds is 5. The van der Waals surface area contributed by atoms with Gasteiger partial charge in [-0.2, -0.15) is 8.78 Å². The highest BCUT2D eigenvalue weighted by molar-refractivity contribution is 7.99. The van der Waals surface area contributed by atoms with E-state index in [4.69, 9.17) is 0 Å². The Balaban J connectivity index is 0.00000200. The lowest BCUT2D eigenvalue weighted by atomic mass is 10.0. The standard InChI is InChI=1S/C13H16F2N2OS.ClH/c14-13(15)19-11-4-2-1-3-10(11)17-12(18)7-9-5-6-16-8-9;/h1-4,9,13,16H,5-8H2,(H,17,18);1H. The number of carbonyl (C=O) groups excluding carboxylic acids is 1. The Kier molecular flexibility index (Phi) is 7.26. The fourth-order valence-corrected chi connectivity index (χ4v) is 2.72. The molecule has 1 aliphatic rings. The minimum absolute atomic E-state index is 0. The van der Waals surface area contributed by atoms with E-state index in [1.807, 2.05) is 0 Å². The van der Waals surface area contributed by atoms with E-state index in [0.717, 1.165) is 19.5 Å². The van der Waals surface area contributed by atoms with Gasteiger partial charge in [0, 0.05) is 11.3 Å². The molecule has 0 aromatic heterocycles. The summed E-state index contributed by atoms with van der Waals surface area (Å²) < 4.78 is 24.8. The number of thioether (sulfide) groups is 1. The van der Waals surface area contributed by atoms with Crippen molar-refractivity contribution >= 4 is 35.8 Å². The minimum Gasteiger partial charge on any atom is -0.325 e. The second-order valence-electron chi connectivity index (χ2n) is 4.49. The summed E-state index contributed by atoms with van der Waals surface area (Å²) >= 11 is 0.449. The van der Waals surface area contributed by atoms with Gasteiger partial charge in [0.05, 0.1) is 5.69 Å². The van der Waals surface area contributed by atoms with Crippen molar-refractivity contribution in [2.75, 3.05) is 18.4 Å². The van der Waals surface area contributed by atoms with Crippen molar-refractivity contribution < 1.29 is 13.6 Å². The molecule has 7 heteroatoms. The van der Waals surface area contributed by atoms with Gasteiger partial charge in [0.1, 0.15) is 0 Å². The predicted molar refractivity (Wildman–Crippen MR) is 79.8 cm³/mol. The molecular weight excluding hydrogens is 306 g/mol. The lowest BCUT2D eigenvalue weighted by Gasteiger charge is -2.12. The van der Waals surface area contributed by atoms with E-state index in [1.54, 1.807) is 24.3 Å². The Morgan fingerprint density at radius 2 is 2.20 bits per heavy atom. The highest BCUT2D eigenvalue weighted by Crippen LogP contribution is 2.31. The van der Waals surface area contributed by atoms with Crippen LogP contribution in [0, 0.1) is 5.92 Å². The zero-order valence-corrected chi connectivity index (χ0v) is 12.4. The van der Waals surface area contributed by atoms with E-state index in [0.29, 0.717) is 34.7 Å². The smallest absolute Gasteiger partial charge is 0.288 e. The molecule has 0 aliphatic carbocycles. The Morgan fingerprint density at radius 3 is 2.85 bits per heavy atom. The third-order valence-electron chi connectivity index (χ3n) is 3.01. The monoisotopic (exact) mass is 322 g/mol. The number of halogens is 3. The summed E-state index contributed by atoms with van der Waals surface area (Å²) in [5, 5.41) is 5.92. The van der Waals surface area contributed by atoms with Crippen LogP contribution in [0.5, 0.6) is 0 Å². The second-order valence-corrected chi connectivity index (χ2v) is 5.52. The number of hydrogen-bond donors (Lipinski definition) is 2. The number of para-hydroxylation sites is 1. The zero-order valence-electron chi connectivity index (χ0n) is 10.8. The lowest BCUT2D eigenvalue weighted by molar-refractivity contribution is -0.117. The van der Waals surface area contributed by atoms with Gasteiger partial charge in [0.25, 0.3) is 5.76 Å². The van der Waals surface area contributed by atoms with Crippen LogP contribution in [-0.4, -0.2) is 24.8 Å². The maximum Gasteiger partial charge on any atom is 0.288 e. The summed E-state index contributed by atoms with van der Waals surface area (Å²) in [6, 6.07) is 6.64. The molecule has 1 aromatic rings. The summed E-state index contributed by atoms with van der Waals surface area (Å²) in [5.41, 5.74) is 0.462. The highest BCUT2D eigenvalue weighted by Gasteiger charge is 2.19. The largest absolute Gasteiger partial charge is 0.325 e. The van der Waals surface area contributed by atoms with Crippen molar-refractivity contribution in [1.29, 1.82) is 0 Å². The van der Waals surface area contributed by atoms with Gasteiger partial charge < -0.3 is 10.6 Å². The third-order valence-corrected chi connectivity index (χ3v) is 3.80. The molecule has 1 unspecified atom stereocenters. The second kappa shape index (κ2) is 8.44. The van der Waals surface area contributed by atoms with Crippen molar-refractivity contribution in [3.63, 3.8) is 0 Å². The fraction of sp³-hybridized carbons (Fsp3) is 0.462. The van der Waals surface area contributed by atoms with Crippen LogP contribution in [0.2, 0.25) is 0 Å². The van der Waals surface area contributed by atoms with E-state index >= 15 is 0 Å². The van der Waals surface area contributed by atoms with Crippen LogP contribution in [0.25, 0.3) is 0 Å². The van der Waals surface area contributed by atoms with Gasteiger partial charge in [-0.1, -0.05) is 23.9 Å². The molecule has 1 saturated heterocycles. The maximum absolute atomic E-state index is 12.4. The fourth-order valence-electron chi connectivity index (χ4n) is 2.12. The molecule has 0 spiro atoms. The van der Waals surface area contributed by atoms with Crippen LogP contribution >= 0.6 is 24.2 Å². The number of nitrogens with one attached hydrogen (secondary N) is 2.